The molecular formula is C28H34F3IN4O3. The number of hydrogen-bond acceptors (Lipinski definition) is 4. The molecule has 2 fully saturated rings. The zero-order valence-electron chi connectivity index (χ0n) is 21.8. The monoisotopic (exact) mass is 658 g/mol. The molecule has 2 saturated heterocycles. The molecule has 2 aliphatic rings. The lowest BCUT2D eigenvalue weighted by Crippen LogP contribution is -2.50. The zero-order valence-corrected chi connectivity index (χ0v) is 24.0. The number of piperidine rings is 2. The highest BCUT2D eigenvalue weighted by Crippen LogP contribution is 2.34. The molecule has 2 amide bonds. The number of nitrogens with one attached hydrogen (secondary N) is 2. The SMILES string of the molecule is C=I/C=C\c1[nH]cc(C2CCN(C(C=O)C3CCN(C(=O)Nc4ccc(OC(F)(F)F)cc4)CC3)CC2)c1C. The highest BCUT2D eigenvalue weighted by Gasteiger charge is 2.34. The van der Waals surface area contributed by atoms with E-state index in [0.717, 1.165) is 62.9 Å². The Hall–Kier alpha value is -2.67. The minimum absolute atomic E-state index is 0.135. The molecule has 11 heteroatoms. The van der Waals surface area contributed by atoms with Crippen LogP contribution in [0.1, 0.15) is 48.4 Å². The van der Waals surface area contributed by atoms with Gasteiger partial charge in [0.2, 0.25) is 0 Å². The molecule has 0 spiro atoms. The molecule has 1 atom stereocenters. The fourth-order valence-corrected chi connectivity index (χ4v) is 6.24. The number of halogens is 4. The van der Waals surface area contributed by atoms with Crippen molar-refractivity contribution < 1.29 is 27.5 Å². The molecule has 0 radical (unpaired) electrons. The number of aromatic amines is 1. The number of nitrogens with zero attached hydrogens (tertiary/aromatic N) is 2. The van der Waals surface area contributed by atoms with E-state index in [9.17, 15) is 22.8 Å². The number of ether oxygens (including phenoxy) is 1. The van der Waals surface area contributed by atoms with Crippen LogP contribution in [0.15, 0.2) is 34.5 Å². The zero-order chi connectivity index (χ0) is 28.0. The third-order valence-corrected chi connectivity index (χ3v) is 8.59. The Kier molecular flexibility index (Phi) is 9.86. The minimum Gasteiger partial charge on any atom is -0.406 e. The predicted octanol–water partition coefficient (Wildman–Crippen LogP) is 6.29. The quantitative estimate of drug-likeness (QED) is 0.259. The van der Waals surface area contributed by atoms with Crippen molar-refractivity contribution in [1.29, 1.82) is 0 Å². The molecule has 2 aromatic rings. The molecule has 7 nitrogen and oxygen atoms in total. The summed E-state index contributed by atoms with van der Waals surface area (Å²) in [5.74, 6) is 0.306. The van der Waals surface area contributed by atoms with E-state index < -0.39 is 6.36 Å². The Morgan fingerprint density at radius 2 is 1.82 bits per heavy atom. The number of carbonyl (C=O) groups is 2. The summed E-state index contributed by atoms with van der Waals surface area (Å²) < 4.78 is 47.0. The average Bonchev–Trinajstić information content (AvgIpc) is 3.29. The third-order valence-electron chi connectivity index (χ3n) is 7.72. The van der Waals surface area contributed by atoms with Crippen molar-refractivity contribution in [3.8, 4) is 5.75 Å². The Morgan fingerprint density at radius 1 is 1.15 bits per heavy atom. The smallest absolute Gasteiger partial charge is 0.406 e. The average molecular weight is 659 g/mol. The maximum absolute atomic E-state index is 12.7. The Bertz CT molecular complexity index is 1170. The van der Waals surface area contributed by atoms with Crippen molar-refractivity contribution in [2.24, 2.45) is 5.92 Å². The number of likely N-dealkylation sites (tertiary alicyclic amines) is 2. The van der Waals surface area contributed by atoms with E-state index in [1.807, 2.05) is 0 Å². The lowest BCUT2D eigenvalue weighted by atomic mass is 9.84. The number of carbonyl (C=O) groups excluding carboxylic acids is 2. The number of urea groups is 1. The number of H-pyrrole nitrogens is 1. The first kappa shape index (κ1) is 29.3. The molecule has 4 rings (SSSR count). The van der Waals surface area contributed by atoms with Gasteiger partial charge in [0.25, 0.3) is 0 Å². The second-order valence-electron chi connectivity index (χ2n) is 9.99. The van der Waals surface area contributed by atoms with E-state index in [1.54, 1.807) is 4.90 Å². The van der Waals surface area contributed by atoms with Gasteiger partial charge < -0.3 is 24.7 Å². The fraction of sp³-hybridized carbons (Fsp3) is 0.464. The van der Waals surface area contributed by atoms with Crippen LogP contribution in [0.5, 0.6) is 5.75 Å². The van der Waals surface area contributed by atoms with Crippen LogP contribution in [0.25, 0.3) is 6.08 Å². The van der Waals surface area contributed by atoms with Gasteiger partial charge in [-0.3, -0.25) is 4.90 Å². The van der Waals surface area contributed by atoms with Crippen LogP contribution in [0, 0.1) is 12.8 Å². The molecule has 1 unspecified atom stereocenters. The van der Waals surface area contributed by atoms with Gasteiger partial charge in [0.15, 0.2) is 0 Å². The van der Waals surface area contributed by atoms with Crippen molar-refractivity contribution >= 4 is 49.3 Å². The van der Waals surface area contributed by atoms with Crippen LogP contribution in [0.4, 0.5) is 23.7 Å². The summed E-state index contributed by atoms with van der Waals surface area (Å²) in [6.45, 7) is 4.92. The number of rotatable bonds is 8. The molecule has 0 bridgehead atoms. The second-order valence-corrected chi connectivity index (χ2v) is 11.6. The first-order valence-electron chi connectivity index (χ1n) is 13.0. The van der Waals surface area contributed by atoms with Crippen LogP contribution in [-0.2, 0) is 4.79 Å². The Labute approximate surface area is 236 Å². The standard InChI is InChI=1S/C28H34F3IN4O3/c1-19-24(17-33-25(19)7-12-32-2)20-8-13-35(14-9-20)26(18-37)21-10-15-36(16-11-21)27(38)34-22-3-5-23(6-4-22)39-28(29,30)31/h3-7,12,17-18,20-21,26,33H,2,8-11,13-16H2,1H3,(H,34,38)/b12-7-. The number of hydrogen-bond donors (Lipinski definition) is 2. The molecule has 212 valence electrons. The van der Waals surface area contributed by atoms with E-state index in [0.29, 0.717) is 24.7 Å². The van der Waals surface area contributed by atoms with Gasteiger partial charge in [0, 0.05) is 30.7 Å². The highest BCUT2D eigenvalue weighted by atomic mass is 127. The van der Waals surface area contributed by atoms with Crippen molar-refractivity contribution in [1.82, 2.24) is 14.8 Å². The summed E-state index contributed by atoms with van der Waals surface area (Å²) in [6.07, 6.45) is 4.00. The highest BCUT2D eigenvalue weighted by molar-refractivity contribution is 14.2. The number of anilines is 1. The summed E-state index contributed by atoms with van der Waals surface area (Å²) in [5, 5.41) is 2.72. The number of alkyl halides is 3. The summed E-state index contributed by atoms with van der Waals surface area (Å²) in [4.78, 5) is 32.2. The van der Waals surface area contributed by atoms with Gasteiger partial charge in [0.05, 0.1) is 6.04 Å². The van der Waals surface area contributed by atoms with Crippen LogP contribution in [0.3, 0.4) is 0 Å². The van der Waals surface area contributed by atoms with Crippen LogP contribution in [-0.4, -0.2) is 70.2 Å². The predicted molar refractivity (Wildman–Crippen MR) is 156 cm³/mol. The largest absolute Gasteiger partial charge is 0.573 e. The van der Waals surface area contributed by atoms with Crippen molar-refractivity contribution in [3.63, 3.8) is 0 Å². The maximum atomic E-state index is 12.7. The van der Waals surface area contributed by atoms with Crippen molar-refractivity contribution in [3.05, 3.63) is 51.4 Å². The third kappa shape index (κ3) is 7.71. The molecule has 0 saturated carbocycles. The van der Waals surface area contributed by atoms with Crippen molar-refractivity contribution in [2.45, 2.75) is 50.9 Å². The van der Waals surface area contributed by atoms with E-state index in [-0.39, 0.29) is 44.5 Å². The number of aromatic nitrogens is 1. The molecule has 1 aromatic heterocycles. The number of amides is 2. The summed E-state index contributed by atoms with van der Waals surface area (Å²) in [5.41, 5.74) is 4.20. The van der Waals surface area contributed by atoms with Gasteiger partial charge in [-0.05, 0) is 103 Å². The summed E-state index contributed by atoms with van der Waals surface area (Å²) in [6, 6.07) is 4.58. The van der Waals surface area contributed by atoms with Crippen LogP contribution < -0.4 is 10.1 Å². The summed E-state index contributed by atoms with van der Waals surface area (Å²) in [7, 11) is 0. The van der Waals surface area contributed by atoms with E-state index in [4.69, 9.17) is 0 Å². The molecule has 1 aromatic carbocycles. The van der Waals surface area contributed by atoms with Gasteiger partial charge in [-0.15, -0.1) is 33.9 Å². The Balaban J connectivity index is 1.25. The minimum atomic E-state index is -4.76. The molecule has 3 heterocycles. The molecular weight excluding hydrogens is 624 g/mol. The maximum Gasteiger partial charge on any atom is 0.573 e. The Morgan fingerprint density at radius 3 is 2.41 bits per heavy atom. The molecule has 2 aliphatic heterocycles. The van der Waals surface area contributed by atoms with Crippen LogP contribution in [0.2, 0.25) is 0 Å². The molecule has 39 heavy (non-hydrogen) atoms. The lowest BCUT2D eigenvalue weighted by molar-refractivity contribution is -0.274. The first-order valence-corrected chi connectivity index (χ1v) is 15.8. The summed E-state index contributed by atoms with van der Waals surface area (Å²) >= 11 is -0.135. The van der Waals surface area contributed by atoms with E-state index in [2.05, 4.69) is 47.7 Å². The molecule has 2 N–H and O–H groups in total. The normalized spacial score (nSPS) is 18.8. The van der Waals surface area contributed by atoms with E-state index >= 15 is 0 Å². The number of aldehydes is 1. The van der Waals surface area contributed by atoms with Gasteiger partial charge >= 0.3 is 12.4 Å². The van der Waals surface area contributed by atoms with Gasteiger partial charge in [-0.1, -0.05) is 4.51 Å². The van der Waals surface area contributed by atoms with E-state index in [1.165, 1.54) is 23.3 Å². The molecule has 0 aliphatic carbocycles. The topological polar surface area (TPSA) is 77.7 Å². The van der Waals surface area contributed by atoms with Gasteiger partial charge in [-0.2, -0.15) is 0 Å². The lowest BCUT2D eigenvalue weighted by Gasteiger charge is -2.41. The van der Waals surface area contributed by atoms with Crippen LogP contribution >= 0.6 is 20.7 Å². The van der Waals surface area contributed by atoms with Gasteiger partial charge in [0.1, 0.15) is 12.0 Å². The fourth-order valence-electron chi connectivity index (χ4n) is 5.62. The van der Waals surface area contributed by atoms with Gasteiger partial charge in [-0.25, -0.2) is 4.79 Å². The first-order chi connectivity index (χ1) is 18.7. The number of benzene rings is 1. The van der Waals surface area contributed by atoms with Crippen molar-refractivity contribution in [2.75, 3.05) is 31.5 Å². The second kappa shape index (κ2) is 13.1.